The largest absolute Gasteiger partial charge is 0.309 e. The SMILES string of the molecule is CN(C)CC1CCN(S(=O)(=O)c2ccc3ncccc3c2)C1. The normalized spacial score (nSPS) is 20.0. The van der Waals surface area contributed by atoms with E-state index in [1.807, 2.05) is 26.2 Å². The zero-order chi connectivity index (χ0) is 15.7. The van der Waals surface area contributed by atoms with Crippen molar-refractivity contribution in [3.8, 4) is 0 Å². The molecule has 5 nitrogen and oxygen atoms in total. The molecule has 118 valence electrons. The van der Waals surface area contributed by atoms with Gasteiger partial charge < -0.3 is 4.90 Å². The van der Waals surface area contributed by atoms with Gasteiger partial charge in [0.2, 0.25) is 10.0 Å². The Hall–Kier alpha value is -1.50. The van der Waals surface area contributed by atoms with Crippen molar-refractivity contribution in [3.63, 3.8) is 0 Å². The van der Waals surface area contributed by atoms with Crippen LogP contribution in [0.25, 0.3) is 10.9 Å². The molecule has 0 aliphatic carbocycles. The Morgan fingerprint density at radius 1 is 1.32 bits per heavy atom. The Kier molecular flexibility index (Phi) is 4.16. The van der Waals surface area contributed by atoms with Gasteiger partial charge in [0.25, 0.3) is 0 Å². The third-order valence-electron chi connectivity index (χ3n) is 4.08. The van der Waals surface area contributed by atoms with E-state index < -0.39 is 10.0 Å². The topological polar surface area (TPSA) is 53.5 Å². The summed E-state index contributed by atoms with van der Waals surface area (Å²) in [5, 5.41) is 0.854. The van der Waals surface area contributed by atoms with Crippen molar-refractivity contribution in [1.82, 2.24) is 14.2 Å². The zero-order valence-electron chi connectivity index (χ0n) is 12.9. The lowest BCUT2D eigenvalue weighted by atomic mass is 10.1. The summed E-state index contributed by atoms with van der Waals surface area (Å²) in [5.41, 5.74) is 0.813. The van der Waals surface area contributed by atoms with E-state index >= 15 is 0 Å². The molecule has 22 heavy (non-hydrogen) atoms. The predicted octanol–water partition coefficient (Wildman–Crippen LogP) is 1.81. The van der Waals surface area contributed by atoms with Gasteiger partial charge in [-0.2, -0.15) is 4.31 Å². The fourth-order valence-corrected chi connectivity index (χ4v) is 4.61. The smallest absolute Gasteiger partial charge is 0.243 e. The molecule has 1 aromatic carbocycles. The van der Waals surface area contributed by atoms with Crippen molar-refractivity contribution < 1.29 is 8.42 Å². The molecule has 1 unspecified atom stereocenters. The Morgan fingerprint density at radius 2 is 2.14 bits per heavy atom. The molecule has 0 spiro atoms. The minimum absolute atomic E-state index is 0.360. The Labute approximate surface area is 131 Å². The number of sulfonamides is 1. The highest BCUT2D eigenvalue weighted by Crippen LogP contribution is 2.26. The average molecular weight is 319 g/mol. The van der Waals surface area contributed by atoms with Gasteiger partial charge in [0, 0.05) is 31.2 Å². The van der Waals surface area contributed by atoms with Gasteiger partial charge in [-0.25, -0.2) is 8.42 Å². The zero-order valence-corrected chi connectivity index (χ0v) is 13.8. The van der Waals surface area contributed by atoms with E-state index in [4.69, 9.17) is 0 Å². The quantitative estimate of drug-likeness (QED) is 0.862. The Morgan fingerprint density at radius 3 is 2.91 bits per heavy atom. The van der Waals surface area contributed by atoms with E-state index in [2.05, 4.69) is 9.88 Å². The number of fused-ring (bicyclic) bond motifs is 1. The summed E-state index contributed by atoms with van der Waals surface area (Å²) in [4.78, 5) is 6.71. The van der Waals surface area contributed by atoms with Crippen LogP contribution in [-0.4, -0.2) is 56.3 Å². The summed E-state index contributed by atoms with van der Waals surface area (Å²) >= 11 is 0. The maximum Gasteiger partial charge on any atom is 0.243 e. The fraction of sp³-hybridized carbons (Fsp3) is 0.438. The molecule has 6 heteroatoms. The lowest BCUT2D eigenvalue weighted by molar-refractivity contribution is 0.329. The molecule has 1 aromatic heterocycles. The summed E-state index contributed by atoms with van der Waals surface area (Å²) in [7, 11) is 0.631. The van der Waals surface area contributed by atoms with Crippen LogP contribution in [0.5, 0.6) is 0 Å². The maximum absolute atomic E-state index is 12.8. The molecular weight excluding hydrogens is 298 g/mol. The van der Waals surface area contributed by atoms with Crippen molar-refractivity contribution >= 4 is 20.9 Å². The predicted molar refractivity (Wildman–Crippen MR) is 87.2 cm³/mol. The van der Waals surface area contributed by atoms with Gasteiger partial charge in [-0.05, 0) is 50.7 Å². The van der Waals surface area contributed by atoms with Crippen LogP contribution in [0.1, 0.15) is 6.42 Å². The van der Waals surface area contributed by atoms with Crippen LogP contribution in [0.15, 0.2) is 41.4 Å². The van der Waals surface area contributed by atoms with E-state index in [-0.39, 0.29) is 0 Å². The molecular formula is C16H21N3O2S. The third-order valence-corrected chi connectivity index (χ3v) is 5.95. The van der Waals surface area contributed by atoms with Crippen molar-refractivity contribution in [2.24, 2.45) is 5.92 Å². The molecule has 2 aromatic rings. The molecule has 0 N–H and O–H groups in total. The third kappa shape index (κ3) is 2.99. The number of aromatic nitrogens is 1. The molecule has 1 aliphatic rings. The number of benzene rings is 1. The summed E-state index contributed by atoms with van der Waals surface area (Å²) in [5.74, 6) is 0.409. The minimum atomic E-state index is -3.41. The lowest BCUT2D eigenvalue weighted by Gasteiger charge is -2.18. The molecule has 2 heterocycles. The first kappa shape index (κ1) is 15.4. The standard InChI is InChI=1S/C16H21N3O2S/c1-18(2)11-13-7-9-19(12-13)22(20,21)15-5-6-16-14(10-15)4-3-8-17-16/h3-6,8,10,13H,7,9,11-12H2,1-2H3. The van der Waals surface area contributed by atoms with Gasteiger partial charge in [0.1, 0.15) is 0 Å². The van der Waals surface area contributed by atoms with Gasteiger partial charge in [-0.15, -0.1) is 0 Å². The molecule has 0 radical (unpaired) electrons. The summed E-state index contributed by atoms with van der Waals surface area (Å²) in [6.45, 7) is 2.13. The fourth-order valence-electron chi connectivity index (χ4n) is 3.04. The highest BCUT2D eigenvalue weighted by molar-refractivity contribution is 7.89. The van der Waals surface area contributed by atoms with Gasteiger partial charge >= 0.3 is 0 Å². The van der Waals surface area contributed by atoms with Crippen LogP contribution in [0.3, 0.4) is 0 Å². The van der Waals surface area contributed by atoms with E-state index in [0.29, 0.717) is 23.9 Å². The molecule has 0 bridgehead atoms. The highest BCUT2D eigenvalue weighted by atomic mass is 32.2. The van der Waals surface area contributed by atoms with Crippen molar-refractivity contribution in [3.05, 3.63) is 36.5 Å². The summed E-state index contributed by atoms with van der Waals surface area (Å²) < 4.78 is 27.2. The first-order valence-electron chi connectivity index (χ1n) is 7.46. The average Bonchev–Trinajstić information content (AvgIpc) is 2.95. The number of hydrogen-bond donors (Lipinski definition) is 0. The first-order valence-corrected chi connectivity index (χ1v) is 8.90. The molecule has 3 rings (SSSR count). The van der Waals surface area contributed by atoms with Gasteiger partial charge in [-0.1, -0.05) is 6.07 Å². The first-order chi connectivity index (χ1) is 10.5. The lowest BCUT2D eigenvalue weighted by Crippen LogP contribution is -2.30. The van der Waals surface area contributed by atoms with Gasteiger partial charge in [-0.3, -0.25) is 4.98 Å². The number of nitrogens with zero attached hydrogens (tertiary/aromatic N) is 3. The van der Waals surface area contributed by atoms with Crippen molar-refractivity contribution in [2.75, 3.05) is 33.7 Å². The van der Waals surface area contributed by atoms with Crippen LogP contribution in [-0.2, 0) is 10.0 Å². The van der Waals surface area contributed by atoms with Crippen LogP contribution >= 0.6 is 0 Å². The van der Waals surface area contributed by atoms with Gasteiger partial charge in [0.15, 0.2) is 0 Å². The Balaban J connectivity index is 1.85. The van der Waals surface area contributed by atoms with E-state index in [9.17, 15) is 8.42 Å². The molecule has 1 aliphatic heterocycles. The molecule has 1 saturated heterocycles. The van der Waals surface area contributed by atoms with Crippen LogP contribution < -0.4 is 0 Å². The second-order valence-corrected chi connectivity index (χ2v) is 8.08. The summed E-state index contributed by atoms with van der Waals surface area (Å²) in [6, 6.07) is 8.86. The second kappa shape index (κ2) is 5.95. The van der Waals surface area contributed by atoms with Crippen LogP contribution in [0.2, 0.25) is 0 Å². The van der Waals surface area contributed by atoms with Crippen molar-refractivity contribution in [1.29, 1.82) is 0 Å². The maximum atomic E-state index is 12.8. The number of rotatable bonds is 4. The van der Waals surface area contributed by atoms with Gasteiger partial charge in [0.05, 0.1) is 10.4 Å². The molecule has 1 atom stereocenters. The summed E-state index contributed by atoms with van der Waals surface area (Å²) in [6.07, 6.45) is 2.63. The molecule has 1 fully saturated rings. The van der Waals surface area contributed by atoms with Crippen molar-refractivity contribution in [2.45, 2.75) is 11.3 Å². The number of pyridine rings is 1. The number of hydrogen-bond acceptors (Lipinski definition) is 4. The minimum Gasteiger partial charge on any atom is -0.309 e. The highest BCUT2D eigenvalue weighted by Gasteiger charge is 2.32. The second-order valence-electron chi connectivity index (χ2n) is 6.14. The van der Waals surface area contributed by atoms with E-state index in [1.165, 1.54) is 0 Å². The van der Waals surface area contributed by atoms with Crippen LogP contribution in [0, 0.1) is 5.92 Å². The monoisotopic (exact) mass is 319 g/mol. The van der Waals surface area contributed by atoms with E-state index in [1.54, 1.807) is 28.7 Å². The van der Waals surface area contributed by atoms with E-state index in [0.717, 1.165) is 23.9 Å². The van der Waals surface area contributed by atoms with Crippen LogP contribution in [0.4, 0.5) is 0 Å². The molecule has 0 saturated carbocycles. The molecule has 0 amide bonds. The Bertz CT molecular complexity index is 774.